The minimum Gasteiger partial charge on any atom is -0.502 e. The van der Waals surface area contributed by atoms with Crippen LogP contribution in [0.25, 0.3) is 11.3 Å². The molecular weight excluding hydrogens is 477 g/mol. The molecule has 3 N–H and O–H groups in total. The number of carbonyl (C=O) groups is 1. The second-order valence-electron chi connectivity index (χ2n) is 7.17. The number of halogens is 5. The zero-order chi connectivity index (χ0) is 25.8. The van der Waals surface area contributed by atoms with Gasteiger partial charge in [-0.05, 0) is 24.1 Å². The number of aryl methyl sites for hydroxylation is 1. The Labute approximate surface area is 194 Å². The van der Waals surface area contributed by atoms with Gasteiger partial charge >= 0.3 is 6.18 Å². The number of hydrogen-bond donors (Lipinski definition) is 2. The maximum atomic E-state index is 12.7. The van der Waals surface area contributed by atoms with E-state index in [0.717, 1.165) is 18.7 Å². The zero-order valence-corrected chi connectivity index (χ0v) is 17.7. The summed E-state index contributed by atoms with van der Waals surface area (Å²) in [5.41, 5.74) is 4.94. The molecule has 2 aromatic heterocycles. The van der Waals surface area contributed by atoms with Crippen LogP contribution in [0, 0.1) is 11.8 Å². The van der Waals surface area contributed by atoms with Crippen LogP contribution in [0.15, 0.2) is 41.7 Å². The van der Waals surface area contributed by atoms with Gasteiger partial charge in [-0.2, -0.15) is 13.2 Å². The quantitative estimate of drug-likeness (QED) is 0.402. The lowest BCUT2D eigenvalue weighted by molar-refractivity contribution is -0.145. The Balaban J connectivity index is 2.03. The molecule has 0 saturated heterocycles. The summed E-state index contributed by atoms with van der Waals surface area (Å²) < 4.78 is 63.7. The topological polar surface area (TPSA) is 124 Å². The van der Waals surface area contributed by atoms with E-state index in [0.29, 0.717) is 15.7 Å². The van der Waals surface area contributed by atoms with Gasteiger partial charge in [-0.1, -0.05) is 17.9 Å². The van der Waals surface area contributed by atoms with E-state index in [1.807, 2.05) is 0 Å². The van der Waals surface area contributed by atoms with E-state index in [1.54, 1.807) is 0 Å². The summed E-state index contributed by atoms with van der Waals surface area (Å²) in [4.78, 5) is 33.9. The number of rotatable bonds is 6. The Bertz CT molecular complexity index is 1360. The maximum Gasteiger partial charge on any atom is 0.451 e. The van der Waals surface area contributed by atoms with Gasteiger partial charge in [0, 0.05) is 29.9 Å². The van der Waals surface area contributed by atoms with Crippen molar-refractivity contribution < 1.29 is 31.9 Å². The highest BCUT2D eigenvalue weighted by Gasteiger charge is 2.34. The fourth-order valence-corrected chi connectivity index (χ4v) is 2.99. The normalized spacial score (nSPS) is 11.3. The minimum atomic E-state index is -4.69. The Morgan fingerprint density at radius 3 is 2.37 bits per heavy atom. The molecule has 1 amide bonds. The van der Waals surface area contributed by atoms with Crippen LogP contribution in [0.1, 0.15) is 28.9 Å². The smallest absolute Gasteiger partial charge is 0.451 e. The molecule has 182 valence electrons. The molecule has 0 fully saturated rings. The first-order valence-corrected chi connectivity index (χ1v) is 9.85. The lowest BCUT2D eigenvalue weighted by Gasteiger charge is -2.12. The number of benzene rings is 1. The Hall–Kier alpha value is -4.34. The van der Waals surface area contributed by atoms with Crippen molar-refractivity contribution >= 4 is 5.91 Å². The Kier molecular flexibility index (Phi) is 7.43. The van der Waals surface area contributed by atoms with Crippen molar-refractivity contribution in [3.63, 3.8) is 0 Å². The molecular formula is C22H16F5N5O3. The fraction of sp³-hybridized carbons (Fsp3) is 0.227. The molecule has 0 aliphatic carbocycles. The fourth-order valence-electron chi connectivity index (χ4n) is 2.99. The van der Waals surface area contributed by atoms with Crippen molar-refractivity contribution in [2.45, 2.75) is 32.0 Å². The van der Waals surface area contributed by atoms with Gasteiger partial charge in [0.05, 0.1) is 18.4 Å². The highest BCUT2D eigenvalue weighted by molar-refractivity contribution is 5.75. The van der Waals surface area contributed by atoms with E-state index in [-0.39, 0.29) is 29.7 Å². The van der Waals surface area contributed by atoms with Crippen molar-refractivity contribution in [2.75, 3.05) is 0 Å². The van der Waals surface area contributed by atoms with Gasteiger partial charge in [-0.15, -0.1) is 0 Å². The molecule has 3 aromatic rings. The number of nitrogens with zero attached hydrogens (tertiary/aromatic N) is 4. The van der Waals surface area contributed by atoms with E-state index in [9.17, 15) is 36.6 Å². The molecule has 0 bridgehead atoms. The second kappa shape index (κ2) is 10.3. The molecule has 0 atom stereocenters. The summed E-state index contributed by atoms with van der Waals surface area (Å²) in [7, 11) is 0. The van der Waals surface area contributed by atoms with E-state index >= 15 is 0 Å². The first-order chi connectivity index (χ1) is 16.5. The average molecular weight is 493 g/mol. The zero-order valence-electron chi connectivity index (χ0n) is 17.7. The van der Waals surface area contributed by atoms with E-state index in [2.05, 4.69) is 26.8 Å². The van der Waals surface area contributed by atoms with Crippen molar-refractivity contribution in [3.05, 3.63) is 69.8 Å². The Morgan fingerprint density at radius 2 is 1.77 bits per heavy atom. The largest absolute Gasteiger partial charge is 0.502 e. The van der Waals surface area contributed by atoms with Crippen LogP contribution < -0.4 is 11.3 Å². The summed E-state index contributed by atoms with van der Waals surface area (Å²) >= 11 is 0. The molecule has 0 unspecified atom stereocenters. The first-order valence-electron chi connectivity index (χ1n) is 9.85. The van der Waals surface area contributed by atoms with Gasteiger partial charge in [0.15, 0.2) is 0 Å². The van der Waals surface area contributed by atoms with Crippen LogP contribution in [0.4, 0.5) is 22.0 Å². The molecule has 13 heteroatoms. The molecule has 2 heterocycles. The number of aromatic nitrogens is 4. The number of carbonyl (C=O) groups excluding carboxylic acids is 1. The van der Waals surface area contributed by atoms with Gasteiger partial charge in [-0.3, -0.25) is 14.2 Å². The molecule has 0 radical (unpaired) electrons. The third-order valence-corrected chi connectivity index (χ3v) is 4.61. The summed E-state index contributed by atoms with van der Waals surface area (Å²) in [6, 6.07) is 4.50. The van der Waals surface area contributed by atoms with Gasteiger partial charge in [0.2, 0.25) is 17.5 Å². The minimum absolute atomic E-state index is 0.0653. The summed E-state index contributed by atoms with van der Waals surface area (Å²) in [5, 5.41) is 10.4. The van der Waals surface area contributed by atoms with Crippen molar-refractivity contribution in [1.29, 1.82) is 0 Å². The monoisotopic (exact) mass is 493 g/mol. The van der Waals surface area contributed by atoms with E-state index in [4.69, 9.17) is 5.73 Å². The number of nitrogens with two attached hydrogens (primary N) is 1. The van der Waals surface area contributed by atoms with Gasteiger partial charge in [-0.25, -0.2) is 23.7 Å². The SMILES string of the molecule is NC(=O)CCc1ccc(C#Cc2cnc(C(F)(F)F)nc2)cc1-c1ncn(CC(F)F)c(=O)c1O. The summed E-state index contributed by atoms with van der Waals surface area (Å²) in [6.45, 7) is -0.963. The van der Waals surface area contributed by atoms with Crippen LogP contribution in [0.2, 0.25) is 0 Å². The van der Waals surface area contributed by atoms with E-state index in [1.165, 1.54) is 18.2 Å². The third-order valence-electron chi connectivity index (χ3n) is 4.61. The second-order valence-corrected chi connectivity index (χ2v) is 7.17. The van der Waals surface area contributed by atoms with E-state index < -0.39 is 42.2 Å². The van der Waals surface area contributed by atoms with Crippen LogP contribution in [-0.2, 0) is 23.9 Å². The van der Waals surface area contributed by atoms with Gasteiger partial charge in [0.1, 0.15) is 5.69 Å². The maximum absolute atomic E-state index is 12.7. The average Bonchev–Trinajstić information content (AvgIpc) is 2.79. The molecule has 3 rings (SSSR count). The van der Waals surface area contributed by atoms with Crippen molar-refractivity contribution in [2.24, 2.45) is 5.73 Å². The van der Waals surface area contributed by atoms with Crippen LogP contribution >= 0.6 is 0 Å². The first kappa shape index (κ1) is 25.3. The lowest BCUT2D eigenvalue weighted by atomic mass is 9.97. The van der Waals surface area contributed by atoms with Crippen molar-refractivity contribution in [3.8, 4) is 28.8 Å². The molecule has 0 aliphatic heterocycles. The number of amides is 1. The Morgan fingerprint density at radius 1 is 1.11 bits per heavy atom. The molecule has 1 aromatic carbocycles. The predicted octanol–water partition coefficient (Wildman–Crippen LogP) is 2.51. The highest BCUT2D eigenvalue weighted by Crippen LogP contribution is 2.29. The molecule has 0 saturated carbocycles. The molecule has 8 nitrogen and oxygen atoms in total. The summed E-state index contributed by atoms with van der Waals surface area (Å²) in [5.74, 6) is 2.50. The summed E-state index contributed by atoms with van der Waals surface area (Å²) in [6.07, 6.45) is -4.82. The predicted molar refractivity (Wildman–Crippen MR) is 112 cm³/mol. The van der Waals surface area contributed by atoms with Gasteiger partial charge in [0.25, 0.3) is 12.0 Å². The number of primary amides is 1. The molecule has 0 aliphatic rings. The van der Waals surface area contributed by atoms with Crippen LogP contribution in [0.3, 0.4) is 0 Å². The third kappa shape index (κ3) is 6.38. The van der Waals surface area contributed by atoms with Crippen LogP contribution in [0.5, 0.6) is 5.75 Å². The standard InChI is InChI=1S/C22H16F5N5O3/c23-16(24)10-32-11-31-18(19(34)20(32)35)15-7-12(3-4-14(15)5-6-17(28)33)1-2-13-8-29-21(30-9-13)22(25,26)27/h3-4,7-9,11,16,34H,5-6,10H2,(H2,28,33). The van der Waals surface area contributed by atoms with Crippen molar-refractivity contribution in [1.82, 2.24) is 19.5 Å². The van der Waals surface area contributed by atoms with Crippen LogP contribution in [-0.4, -0.2) is 37.0 Å². The highest BCUT2D eigenvalue weighted by atomic mass is 19.4. The number of alkyl halides is 5. The molecule has 35 heavy (non-hydrogen) atoms. The number of hydrogen-bond acceptors (Lipinski definition) is 6. The lowest BCUT2D eigenvalue weighted by Crippen LogP contribution is -2.24. The molecule has 0 spiro atoms. The number of aromatic hydroxyl groups is 1. The van der Waals surface area contributed by atoms with Gasteiger partial charge < -0.3 is 10.8 Å².